The van der Waals surface area contributed by atoms with Crippen LogP contribution in [0.15, 0.2) is 30.1 Å². The van der Waals surface area contributed by atoms with Crippen LogP contribution in [0.4, 0.5) is 26.3 Å². The largest absolute Gasteiger partial charge is 0.416 e. The Bertz CT molecular complexity index is 1240. The lowest BCUT2D eigenvalue weighted by molar-refractivity contribution is -0.377. The fourth-order valence-electron chi connectivity index (χ4n) is 3.33. The van der Waals surface area contributed by atoms with Crippen molar-refractivity contribution in [3.63, 3.8) is 0 Å². The number of halogens is 6. The lowest BCUT2D eigenvalue weighted by Crippen LogP contribution is -2.24. The minimum atomic E-state index is -4.56. The van der Waals surface area contributed by atoms with Crippen LogP contribution < -0.4 is 5.32 Å². The van der Waals surface area contributed by atoms with Crippen LogP contribution in [-0.2, 0) is 12.7 Å². The maximum Gasteiger partial charge on any atom is 0.416 e. The minimum Gasteiger partial charge on any atom is -0.364 e. The summed E-state index contributed by atoms with van der Waals surface area (Å²) in [5, 5.41) is 32.5. The van der Waals surface area contributed by atoms with Crippen molar-refractivity contribution >= 4 is 5.70 Å². The molecule has 7 nitrogen and oxygen atoms in total. The Balaban J connectivity index is 2.14. The summed E-state index contributed by atoms with van der Waals surface area (Å²) in [6, 6.07) is 6.21. The molecule has 0 aliphatic carbocycles. The first-order valence-electron chi connectivity index (χ1n) is 9.05. The minimum absolute atomic E-state index is 0.0814. The number of rotatable bonds is 4. The molecule has 1 N–H and O–H groups in total. The second kappa shape index (κ2) is 8.70. The van der Waals surface area contributed by atoms with Crippen LogP contribution in [0.2, 0.25) is 0 Å². The summed E-state index contributed by atoms with van der Waals surface area (Å²) in [6.07, 6.45) is -4.56. The summed E-state index contributed by atoms with van der Waals surface area (Å²) in [5.41, 5.74) is -5.66. The van der Waals surface area contributed by atoms with Gasteiger partial charge in [-0.05, 0) is 17.7 Å². The molecule has 0 atom stereocenters. The lowest BCUT2D eigenvalue weighted by Gasteiger charge is -2.20. The van der Waals surface area contributed by atoms with Gasteiger partial charge >= 0.3 is 11.9 Å². The third-order valence-corrected chi connectivity index (χ3v) is 4.83. The van der Waals surface area contributed by atoms with Crippen molar-refractivity contribution in [2.45, 2.75) is 12.7 Å². The number of benzene rings is 2. The summed E-state index contributed by atoms with van der Waals surface area (Å²) in [6.45, 7) is -0.000930. The summed E-state index contributed by atoms with van der Waals surface area (Å²) in [7, 11) is 0. The van der Waals surface area contributed by atoms with Crippen molar-refractivity contribution in [2.24, 2.45) is 0 Å². The van der Waals surface area contributed by atoms with Gasteiger partial charge in [0.25, 0.3) is 0 Å². The number of nitriles is 2. The van der Waals surface area contributed by atoms with Crippen LogP contribution in [0.25, 0.3) is 5.70 Å². The zero-order valence-corrected chi connectivity index (χ0v) is 16.3. The molecule has 2 aromatic rings. The Labute approximate surface area is 181 Å². The second-order valence-corrected chi connectivity index (χ2v) is 6.79. The first kappa shape index (κ1) is 23.4. The third-order valence-electron chi connectivity index (χ3n) is 4.83. The van der Waals surface area contributed by atoms with Gasteiger partial charge in [-0.1, -0.05) is 12.1 Å². The van der Waals surface area contributed by atoms with Crippen LogP contribution >= 0.6 is 0 Å². The van der Waals surface area contributed by atoms with Gasteiger partial charge in [0, 0.05) is 19.6 Å². The van der Waals surface area contributed by atoms with Crippen LogP contribution in [0.3, 0.4) is 0 Å². The van der Waals surface area contributed by atoms with Crippen molar-refractivity contribution in [3.05, 3.63) is 85.5 Å². The highest BCUT2D eigenvalue weighted by Gasteiger charge is 2.38. The number of hydrogen-bond acceptors (Lipinski definition) is 6. The van der Waals surface area contributed by atoms with E-state index in [-0.39, 0.29) is 25.5 Å². The molecule has 170 valence electrons. The quantitative estimate of drug-likeness (QED) is 0.317. The SMILES string of the molecule is N#Cc1c(F)c(F)c(/C(=C2/NCCN2Cc2ccc(C(F)(F)F)cc2)[N+](=O)[O-])c(C#N)c1F. The molecule has 0 bridgehead atoms. The number of nitrogens with zero attached hydrogens (tertiary/aromatic N) is 4. The number of nitrogens with one attached hydrogen (secondary N) is 1. The predicted molar refractivity (Wildman–Crippen MR) is 99.5 cm³/mol. The summed E-state index contributed by atoms with van der Waals surface area (Å²) in [5.74, 6) is -6.08. The predicted octanol–water partition coefficient (Wildman–Crippen LogP) is 3.87. The van der Waals surface area contributed by atoms with Crippen molar-refractivity contribution in [1.29, 1.82) is 10.5 Å². The first-order chi connectivity index (χ1) is 15.5. The van der Waals surface area contributed by atoms with Gasteiger partial charge in [0.05, 0.1) is 10.5 Å². The Hall–Kier alpha value is -4.26. The molecule has 0 amide bonds. The fourth-order valence-corrected chi connectivity index (χ4v) is 3.33. The van der Waals surface area contributed by atoms with E-state index in [1.165, 1.54) is 11.0 Å². The zero-order valence-electron chi connectivity index (χ0n) is 16.3. The number of nitro groups is 1. The zero-order chi connectivity index (χ0) is 24.5. The molecule has 0 aromatic heterocycles. The molecule has 0 spiro atoms. The van der Waals surface area contributed by atoms with Gasteiger partial charge in [0.1, 0.15) is 28.8 Å². The smallest absolute Gasteiger partial charge is 0.364 e. The van der Waals surface area contributed by atoms with Gasteiger partial charge in [0.15, 0.2) is 23.3 Å². The molecule has 1 heterocycles. The van der Waals surface area contributed by atoms with Crippen molar-refractivity contribution in [1.82, 2.24) is 10.2 Å². The van der Waals surface area contributed by atoms with Crippen LogP contribution in [0.5, 0.6) is 0 Å². The molecule has 1 aliphatic heterocycles. The third kappa shape index (κ3) is 4.25. The van der Waals surface area contributed by atoms with Crippen LogP contribution in [-0.4, -0.2) is 22.9 Å². The summed E-state index contributed by atoms with van der Waals surface area (Å²) >= 11 is 0. The molecular weight excluding hydrogens is 456 g/mol. The standard InChI is InChI=1S/C20H11F6N5O2/c21-15-12(7-27)14(17(23)16(22)13(15)8-28)18(31(32)33)19-29-5-6-30(19)9-10-1-3-11(4-2-10)20(24,25)26/h1-4,29H,5-6,9H2/b19-18+. The molecule has 0 radical (unpaired) electrons. The Morgan fingerprint density at radius 2 is 1.67 bits per heavy atom. The van der Waals surface area contributed by atoms with Gasteiger partial charge in [0.2, 0.25) is 0 Å². The van der Waals surface area contributed by atoms with E-state index in [9.17, 15) is 41.7 Å². The van der Waals surface area contributed by atoms with E-state index in [2.05, 4.69) is 5.32 Å². The van der Waals surface area contributed by atoms with Gasteiger partial charge in [-0.25, -0.2) is 13.2 Å². The molecule has 1 fully saturated rings. The monoisotopic (exact) mass is 467 g/mol. The van der Waals surface area contributed by atoms with Gasteiger partial charge in [-0.15, -0.1) is 0 Å². The van der Waals surface area contributed by atoms with Crippen molar-refractivity contribution in [3.8, 4) is 12.1 Å². The van der Waals surface area contributed by atoms with E-state index in [0.717, 1.165) is 30.3 Å². The van der Waals surface area contributed by atoms with Crippen LogP contribution in [0.1, 0.15) is 27.8 Å². The topological polar surface area (TPSA) is 106 Å². The Morgan fingerprint density at radius 1 is 1.06 bits per heavy atom. The van der Waals surface area contributed by atoms with Crippen LogP contribution in [0, 0.1) is 50.2 Å². The van der Waals surface area contributed by atoms with Gasteiger partial charge < -0.3 is 10.2 Å². The average Bonchev–Trinajstić information content (AvgIpc) is 3.19. The van der Waals surface area contributed by atoms with E-state index >= 15 is 0 Å². The Morgan fingerprint density at radius 3 is 2.18 bits per heavy atom. The molecule has 0 unspecified atom stereocenters. The molecule has 33 heavy (non-hydrogen) atoms. The number of hydrogen-bond donors (Lipinski definition) is 1. The Kier molecular flexibility index (Phi) is 6.17. The van der Waals surface area contributed by atoms with E-state index in [0.29, 0.717) is 5.56 Å². The average molecular weight is 467 g/mol. The summed E-state index contributed by atoms with van der Waals surface area (Å²) < 4.78 is 81.6. The van der Waals surface area contributed by atoms with E-state index in [1.807, 2.05) is 0 Å². The molecule has 0 saturated carbocycles. The molecular formula is C20H11F6N5O2. The molecule has 13 heteroatoms. The van der Waals surface area contributed by atoms with Crippen molar-refractivity contribution < 1.29 is 31.3 Å². The molecule has 2 aromatic carbocycles. The first-order valence-corrected chi connectivity index (χ1v) is 9.05. The fraction of sp³-hybridized carbons (Fsp3) is 0.200. The van der Waals surface area contributed by atoms with Gasteiger partial charge in [-0.3, -0.25) is 10.1 Å². The number of alkyl halides is 3. The molecule has 1 aliphatic rings. The normalized spacial score (nSPS) is 15.0. The highest BCUT2D eigenvalue weighted by molar-refractivity contribution is 5.69. The lowest BCUT2D eigenvalue weighted by atomic mass is 9.99. The maximum atomic E-state index is 14.7. The highest BCUT2D eigenvalue weighted by Crippen LogP contribution is 2.34. The second-order valence-electron chi connectivity index (χ2n) is 6.79. The van der Waals surface area contributed by atoms with Gasteiger partial charge in [-0.2, -0.15) is 23.7 Å². The van der Waals surface area contributed by atoms with E-state index < -0.39 is 56.5 Å². The maximum absolute atomic E-state index is 14.7. The highest BCUT2D eigenvalue weighted by atomic mass is 19.4. The molecule has 1 saturated heterocycles. The van der Waals surface area contributed by atoms with Crippen molar-refractivity contribution in [2.75, 3.05) is 13.1 Å². The summed E-state index contributed by atoms with van der Waals surface area (Å²) in [4.78, 5) is 11.9. The molecule has 3 rings (SSSR count). The van der Waals surface area contributed by atoms with E-state index in [1.54, 1.807) is 0 Å². The van der Waals surface area contributed by atoms with E-state index in [4.69, 9.17) is 5.26 Å².